The van der Waals surface area contributed by atoms with E-state index < -0.39 is 24.9 Å². The Kier molecular flexibility index (Phi) is 5.29. The molecule has 26 heavy (non-hydrogen) atoms. The molecule has 2 heterocycles. The van der Waals surface area contributed by atoms with E-state index in [1.54, 1.807) is 0 Å². The molecule has 1 amide bonds. The lowest BCUT2D eigenvalue weighted by Crippen LogP contribution is -2.38. The molecule has 1 fully saturated rings. The van der Waals surface area contributed by atoms with E-state index in [1.807, 2.05) is 31.2 Å². The van der Waals surface area contributed by atoms with Crippen molar-refractivity contribution >= 4 is 5.91 Å². The van der Waals surface area contributed by atoms with Gasteiger partial charge in [0.1, 0.15) is 0 Å². The second kappa shape index (κ2) is 7.47. The van der Waals surface area contributed by atoms with Crippen molar-refractivity contribution in [3.05, 3.63) is 35.7 Å². The van der Waals surface area contributed by atoms with Crippen LogP contribution in [0.2, 0.25) is 0 Å². The summed E-state index contributed by atoms with van der Waals surface area (Å²) in [6, 6.07) is 7.78. The van der Waals surface area contributed by atoms with Crippen molar-refractivity contribution in [2.45, 2.75) is 44.7 Å². The molecule has 0 spiro atoms. The molecule has 3 rings (SSSR count). The van der Waals surface area contributed by atoms with Crippen molar-refractivity contribution in [3.8, 4) is 11.4 Å². The second-order valence-electron chi connectivity index (χ2n) is 6.59. The van der Waals surface area contributed by atoms with E-state index in [0.717, 1.165) is 11.1 Å². The first-order chi connectivity index (χ1) is 12.3. The summed E-state index contributed by atoms with van der Waals surface area (Å²) in [6.45, 7) is 2.81. The second-order valence-corrected chi connectivity index (χ2v) is 6.59. The fraction of sp³-hybridized carbons (Fsp3) is 0.500. The van der Waals surface area contributed by atoms with Crippen LogP contribution in [0.1, 0.15) is 43.1 Å². The predicted octanol–water partition coefficient (Wildman–Crippen LogP) is 4.09. The molecule has 1 aromatic carbocycles. The van der Waals surface area contributed by atoms with Gasteiger partial charge < -0.3 is 9.42 Å². The smallest absolute Gasteiger partial charge is 0.343 e. The van der Waals surface area contributed by atoms with Crippen molar-refractivity contribution in [2.75, 3.05) is 13.1 Å². The van der Waals surface area contributed by atoms with E-state index in [0.29, 0.717) is 37.6 Å². The number of nitrogens with zero attached hydrogens (tertiary/aromatic N) is 3. The van der Waals surface area contributed by atoms with Crippen LogP contribution in [0.3, 0.4) is 0 Å². The third kappa shape index (κ3) is 4.62. The molecule has 5 nitrogen and oxygen atoms in total. The molecular formula is C18H20F3N3O2. The quantitative estimate of drug-likeness (QED) is 0.817. The molecule has 1 aromatic heterocycles. The van der Waals surface area contributed by atoms with Gasteiger partial charge in [-0.3, -0.25) is 4.79 Å². The number of carbonyl (C=O) groups is 1. The van der Waals surface area contributed by atoms with Gasteiger partial charge >= 0.3 is 6.18 Å². The minimum absolute atomic E-state index is 0.0216. The zero-order valence-corrected chi connectivity index (χ0v) is 14.4. The number of carbonyl (C=O) groups excluding carboxylic acids is 1. The molecule has 8 heteroatoms. The number of hydrogen-bond acceptors (Lipinski definition) is 4. The molecule has 0 bridgehead atoms. The van der Waals surface area contributed by atoms with E-state index in [2.05, 4.69) is 10.1 Å². The highest BCUT2D eigenvalue weighted by Gasteiger charge is 2.31. The van der Waals surface area contributed by atoms with Crippen LogP contribution in [0.5, 0.6) is 0 Å². The number of halogens is 3. The standard InChI is InChI=1S/C18H20F3N3O2/c1-12-2-4-13(5-3-12)16-22-17(26-23-16)14-7-10-24(11-8-14)15(25)6-9-18(19,20)21/h2-5,14H,6-11H2,1H3. The maximum Gasteiger partial charge on any atom is 0.389 e. The monoisotopic (exact) mass is 367 g/mol. The Morgan fingerprint density at radius 2 is 1.88 bits per heavy atom. The van der Waals surface area contributed by atoms with Crippen LogP contribution in [0.4, 0.5) is 13.2 Å². The lowest BCUT2D eigenvalue weighted by Gasteiger charge is -2.30. The van der Waals surface area contributed by atoms with E-state index in [1.165, 1.54) is 4.90 Å². The highest BCUT2D eigenvalue weighted by Crippen LogP contribution is 2.29. The van der Waals surface area contributed by atoms with Gasteiger partial charge in [0.15, 0.2) is 0 Å². The predicted molar refractivity (Wildman–Crippen MR) is 88.3 cm³/mol. The maximum absolute atomic E-state index is 12.2. The van der Waals surface area contributed by atoms with Crippen molar-refractivity contribution in [2.24, 2.45) is 0 Å². The first-order valence-electron chi connectivity index (χ1n) is 8.57. The van der Waals surface area contributed by atoms with E-state index >= 15 is 0 Å². The van der Waals surface area contributed by atoms with Crippen molar-refractivity contribution in [1.82, 2.24) is 15.0 Å². The van der Waals surface area contributed by atoms with Gasteiger partial charge in [0, 0.05) is 31.0 Å². The van der Waals surface area contributed by atoms with Gasteiger partial charge in [0.25, 0.3) is 0 Å². The zero-order valence-electron chi connectivity index (χ0n) is 14.4. The van der Waals surface area contributed by atoms with Crippen LogP contribution in [0.15, 0.2) is 28.8 Å². The van der Waals surface area contributed by atoms with E-state index in [-0.39, 0.29) is 5.92 Å². The molecule has 2 aromatic rings. The fourth-order valence-electron chi connectivity index (χ4n) is 3.00. The average molecular weight is 367 g/mol. The summed E-state index contributed by atoms with van der Waals surface area (Å²) >= 11 is 0. The summed E-state index contributed by atoms with van der Waals surface area (Å²) in [6.07, 6.45) is -4.66. The van der Waals surface area contributed by atoms with Crippen LogP contribution in [0.25, 0.3) is 11.4 Å². The van der Waals surface area contributed by atoms with Crippen LogP contribution in [-0.4, -0.2) is 40.2 Å². The van der Waals surface area contributed by atoms with E-state index in [4.69, 9.17) is 4.52 Å². The molecule has 140 valence electrons. The summed E-state index contributed by atoms with van der Waals surface area (Å²) < 4.78 is 42.1. The first-order valence-corrected chi connectivity index (χ1v) is 8.57. The average Bonchev–Trinajstić information content (AvgIpc) is 3.10. The molecular weight excluding hydrogens is 347 g/mol. The lowest BCUT2D eigenvalue weighted by atomic mass is 9.96. The van der Waals surface area contributed by atoms with Crippen molar-refractivity contribution in [1.29, 1.82) is 0 Å². The third-order valence-electron chi connectivity index (χ3n) is 4.57. The number of piperidine rings is 1. The number of aryl methyl sites for hydroxylation is 1. The normalized spacial score (nSPS) is 16.1. The fourth-order valence-corrected chi connectivity index (χ4v) is 3.00. The number of amides is 1. The van der Waals surface area contributed by atoms with E-state index in [9.17, 15) is 18.0 Å². The molecule has 0 N–H and O–H groups in total. The van der Waals surface area contributed by atoms with Crippen LogP contribution in [0, 0.1) is 6.92 Å². The van der Waals surface area contributed by atoms with Gasteiger partial charge in [-0.1, -0.05) is 35.0 Å². The molecule has 1 aliphatic rings. The van der Waals surface area contributed by atoms with Gasteiger partial charge in [-0.2, -0.15) is 18.2 Å². The lowest BCUT2D eigenvalue weighted by molar-refractivity contribution is -0.149. The largest absolute Gasteiger partial charge is 0.389 e. The number of aromatic nitrogens is 2. The van der Waals surface area contributed by atoms with Crippen molar-refractivity contribution in [3.63, 3.8) is 0 Å². The number of alkyl halides is 3. The zero-order chi connectivity index (χ0) is 18.7. The molecule has 1 aliphatic heterocycles. The molecule has 0 radical (unpaired) electrons. The van der Waals surface area contributed by atoms with Crippen molar-refractivity contribution < 1.29 is 22.5 Å². The Labute approximate surface area is 149 Å². The number of rotatable bonds is 4. The molecule has 0 atom stereocenters. The number of hydrogen-bond donors (Lipinski definition) is 0. The van der Waals surface area contributed by atoms with Crippen LogP contribution in [-0.2, 0) is 4.79 Å². The van der Waals surface area contributed by atoms with Gasteiger partial charge in [0.2, 0.25) is 17.6 Å². The summed E-state index contributed by atoms with van der Waals surface area (Å²) in [7, 11) is 0. The Bertz CT molecular complexity index is 748. The molecule has 0 aliphatic carbocycles. The topological polar surface area (TPSA) is 59.2 Å². The Morgan fingerprint density at radius 3 is 2.50 bits per heavy atom. The van der Waals surface area contributed by atoms with Gasteiger partial charge in [-0.25, -0.2) is 0 Å². The summed E-state index contributed by atoms with van der Waals surface area (Å²) in [5.74, 6) is 0.603. The van der Waals surface area contributed by atoms with Gasteiger partial charge in [-0.15, -0.1) is 0 Å². The minimum Gasteiger partial charge on any atom is -0.343 e. The SMILES string of the molecule is Cc1ccc(-c2noc(C3CCN(C(=O)CCC(F)(F)F)CC3)n2)cc1. The Morgan fingerprint density at radius 1 is 1.23 bits per heavy atom. The highest BCUT2D eigenvalue weighted by atomic mass is 19.4. The van der Waals surface area contributed by atoms with Crippen LogP contribution < -0.4 is 0 Å². The van der Waals surface area contributed by atoms with Crippen LogP contribution >= 0.6 is 0 Å². The summed E-state index contributed by atoms with van der Waals surface area (Å²) in [5, 5.41) is 4.01. The number of benzene rings is 1. The molecule has 1 saturated heterocycles. The minimum atomic E-state index is -4.30. The summed E-state index contributed by atoms with van der Waals surface area (Å²) in [5.41, 5.74) is 2.00. The molecule has 0 unspecified atom stereocenters. The Hall–Kier alpha value is -2.38. The highest BCUT2D eigenvalue weighted by molar-refractivity contribution is 5.76. The van der Waals surface area contributed by atoms with Gasteiger partial charge in [0.05, 0.1) is 6.42 Å². The summed E-state index contributed by atoms with van der Waals surface area (Å²) in [4.78, 5) is 17.8. The maximum atomic E-state index is 12.2. The Balaban J connectivity index is 1.55. The van der Waals surface area contributed by atoms with Gasteiger partial charge in [-0.05, 0) is 19.8 Å². The third-order valence-corrected chi connectivity index (χ3v) is 4.57. The first kappa shape index (κ1) is 18.4. The molecule has 0 saturated carbocycles. The number of likely N-dealkylation sites (tertiary alicyclic amines) is 1.